The van der Waals surface area contributed by atoms with Gasteiger partial charge in [-0.1, -0.05) is 32.5 Å². The van der Waals surface area contributed by atoms with Crippen LogP contribution < -0.4 is 0 Å². The number of nitrogens with zero attached hydrogens (tertiary/aromatic N) is 1. The molecule has 0 spiro atoms. The topological polar surface area (TPSA) is 57.6 Å². The summed E-state index contributed by atoms with van der Waals surface area (Å²) < 4.78 is 0. The monoisotopic (exact) mass is 335 g/mol. The first-order chi connectivity index (χ1) is 10.7. The minimum absolute atomic E-state index is 0.0473. The standard InChI is InChI=1S/C18H29NO3Si/c1-23(2,3)11-18(22)13-7-9-17-8-5-4-6-12(17)15(13)19(16(18)21)10-14(17)20/h12-13,15,22H,4-11H2,1-3H3/t12-,13+,15-,17-,18+/m1/s1. The lowest BCUT2D eigenvalue weighted by Crippen LogP contribution is -2.63. The van der Waals surface area contributed by atoms with Crippen molar-refractivity contribution >= 4 is 19.8 Å². The molecule has 128 valence electrons. The molecule has 5 atom stereocenters. The Kier molecular flexibility index (Phi) is 3.23. The molecule has 2 saturated heterocycles. The van der Waals surface area contributed by atoms with Gasteiger partial charge in [0.15, 0.2) is 5.78 Å². The van der Waals surface area contributed by atoms with E-state index in [1.807, 2.05) is 0 Å². The lowest BCUT2D eigenvalue weighted by molar-refractivity contribution is -0.158. The van der Waals surface area contributed by atoms with Crippen LogP contribution in [0.25, 0.3) is 0 Å². The molecule has 0 aromatic rings. The molecule has 2 saturated carbocycles. The second-order valence-corrected chi connectivity index (χ2v) is 15.1. The van der Waals surface area contributed by atoms with Gasteiger partial charge in [0, 0.05) is 25.4 Å². The summed E-state index contributed by atoms with van der Waals surface area (Å²) in [5.74, 6) is 0.494. The zero-order chi connectivity index (χ0) is 16.6. The minimum atomic E-state index is -1.59. The van der Waals surface area contributed by atoms with Gasteiger partial charge in [-0.05, 0) is 37.6 Å². The number of carbonyl (C=O) groups is 2. The van der Waals surface area contributed by atoms with Gasteiger partial charge in [0.25, 0.3) is 5.91 Å². The number of piperidine rings is 1. The van der Waals surface area contributed by atoms with Crippen LogP contribution in [0.2, 0.25) is 25.7 Å². The van der Waals surface area contributed by atoms with Crippen molar-refractivity contribution in [2.75, 3.05) is 6.54 Å². The normalized spacial score (nSPS) is 46.1. The Hall–Kier alpha value is -0.683. The van der Waals surface area contributed by atoms with E-state index in [-0.39, 0.29) is 35.6 Å². The molecule has 1 amide bonds. The van der Waals surface area contributed by atoms with Gasteiger partial charge in [-0.25, -0.2) is 0 Å². The molecule has 2 heterocycles. The van der Waals surface area contributed by atoms with E-state index in [9.17, 15) is 14.7 Å². The molecule has 1 N–H and O–H groups in total. The van der Waals surface area contributed by atoms with Gasteiger partial charge >= 0.3 is 0 Å². The first kappa shape index (κ1) is 15.8. The summed E-state index contributed by atoms with van der Waals surface area (Å²) in [6, 6.07) is 0.750. The Balaban J connectivity index is 1.77. The summed E-state index contributed by atoms with van der Waals surface area (Å²) in [6.07, 6.45) is 6.11. The number of Topliss-reactive ketones (excluding diaryl/α,β-unsaturated/α-hetero) is 1. The number of aliphatic hydroxyl groups is 1. The van der Waals surface area contributed by atoms with E-state index in [2.05, 4.69) is 19.6 Å². The molecule has 4 aliphatic rings. The van der Waals surface area contributed by atoms with Crippen LogP contribution in [0.4, 0.5) is 0 Å². The molecule has 4 nitrogen and oxygen atoms in total. The van der Waals surface area contributed by atoms with Gasteiger partial charge in [-0.15, -0.1) is 0 Å². The maximum absolute atomic E-state index is 13.1. The molecule has 0 aromatic carbocycles. The number of hydrogen-bond acceptors (Lipinski definition) is 3. The molecule has 4 rings (SSSR count). The van der Waals surface area contributed by atoms with E-state index in [4.69, 9.17) is 0 Å². The Morgan fingerprint density at radius 1 is 1.13 bits per heavy atom. The molecule has 0 radical (unpaired) electrons. The molecule has 2 bridgehead atoms. The van der Waals surface area contributed by atoms with E-state index in [0.29, 0.717) is 12.0 Å². The Labute approximate surface area is 139 Å². The fraction of sp³-hybridized carbons (Fsp3) is 0.889. The first-order valence-electron chi connectivity index (χ1n) is 9.26. The number of rotatable bonds is 2. The van der Waals surface area contributed by atoms with E-state index in [0.717, 1.165) is 38.5 Å². The zero-order valence-electron chi connectivity index (χ0n) is 14.6. The predicted molar refractivity (Wildman–Crippen MR) is 90.7 cm³/mol. The highest BCUT2D eigenvalue weighted by Crippen LogP contribution is 2.61. The van der Waals surface area contributed by atoms with Crippen molar-refractivity contribution in [3.05, 3.63) is 0 Å². The summed E-state index contributed by atoms with van der Waals surface area (Å²) in [4.78, 5) is 27.8. The second-order valence-electron chi connectivity index (χ2n) is 9.66. The Morgan fingerprint density at radius 3 is 2.57 bits per heavy atom. The first-order valence-corrected chi connectivity index (χ1v) is 13.0. The third-order valence-corrected chi connectivity index (χ3v) is 8.70. The maximum atomic E-state index is 13.1. The highest BCUT2D eigenvalue weighted by molar-refractivity contribution is 6.76. The lowest BCUT2D eigenvalue weighted by atomic mass is 9.51. The summed E-state index contributed by atoms with van der Waals surface area (Å²) in [7, 11) is -1.59. The van der Waals surface area contributed by atoms with Gasteiger partial charge in [-0.2, -0.15) is 0 Å². The highest BCUT2D eigenvalue weighted by Gasteiger charge is 2.69. The van der Waals surface area contributed by atoms with E-state index >= 15 is 0 Å². The van der Waals surface area contributed by atoms with E-state index in [1.165, 1.54) is 0 Å². The van der Waals surface area contributed by atoms with Crippen molar-refractivity contribution in [1.29, 1.82) is 0 Å². The van der Waals surface area contributed by atoms with E-state index in [1.54, 1.807) is 4.90 Å². The second kappa shape index (κ2) is 4.69. The number of ketones is 1. The third kappa shape index (κ3) is 1.98. The fourth-order valence-corrected chi connectivity index (χ4v) is 8.46. The Morgan fingerprint density at radius 2 is 1.87 bits per heavy atom. The van der Waals surface area contributed by atoms with Gasteiger partial charge in [-0.3, -0.25) is 9.59 Å². The Bertz CT molecular complexity index is 571. The molecular formula is C18H29NO3Si. The van der Waals surface area contributed by atoms with Crippen LogP contribution in [0.3, 0.4) is 0 Å². The summed E-state index contributed by atoms with van der Waals surface area (Å²) in [5.41, 5.74) is -1.37. The van der Waals surface area contributed by atoms with Crippen molar-refractivity contribution < 1.29 is 14.7 Å². The average molecular weight is 336 g/mol. The fourth-order valence-electron chi connectivity index (χ4n) is 6.43. The average Bonchev–Trinajstić information content (AvgIpc) is 2.68. The molecule has 0 aromatic heterocycles. The number of carbonyl (C=O) groups excluding carboxylic acids is 2. The number of hydrogen-bond donors (Lipinski definition) is 1. The van der Waals surface area contributed by atoms with E-state index < -0.39 is 13.7 Å². The summed E-state index contributed by atoms with van der Waals surface area (Å²) >= 11 is 0. The minimum Gasteiger partial charge on any atom is -0.380 e. The van der Waals surface area contributed by atoms with Crippen molar-refractivity contribution in [3.63, 3.8) is 0 Å². The SMILES string of the molecule is C[Si](C)(C)C[C@@]1(O)C(=O)N2CC(=O)[C@@]34CCCC[C@@H]3[C@@H]2[C@@H]1CC4. The van der Waals surface area contributed by atoms with Crippen LogP contribution in [-0.2, 0) is 9.59 Å². The predicted octanol–water partition coefficient (Wildman–Crippen LogP) is 2.44. The largest absolute Gasteiger partial charge is 0.380 e. The van der Waals surface area contributed by atoms with Crippen LogP contribution in [0.5, 0.6) is 0 Å². The molecule has 2 aliphatic heterocycles. The molecule has 4 fully saturated rings. The zero-order valence-corrected chi connectivity index (χ0v) is 15.6. The molecule has 5 heteroatoms. The van der Waals surface area contributed by atoms with Crippen LogP contribution in [0, 0.1) is 17.3 Å². The van der Waals surface area contributed by atoms with Crippen molar-refractivity contribution in [1.82, 2.24) is 4.90 Å². The molecular weight excluding hydrogens is 306 g/mol. The van der Waals surface area contributed by atoms with Gasteiger partial charge < -0.3 is 10.0 Å². The van der Waals surface area contributed by atoms with Gasteiger partial charge in [0.2, 0.25) is 0 Å². The van der Waals surface area contributed by atoms with Crippen LogP contribution >= 0.6 is 0 Å². The quantitative estimate of drug-likeness (QED) is 0.789. The maximum Gasteiger partial charge on any atom is 0.255 e. The molecule has 23 heavy (non-hydrogen) atoms. The van der Waals surface area contributed by atoms with Gasteiger partial charge in [0.05, 0.1) is 6.54 Å². The number of amides is 1. The molecule has 2 aliphatic carbocycles. The van der Waals surface area contributed by atoms with Crippen LogP contribution in [0.1, 0.15) is 38.5 Å². The summed E-state index contributed by atoms with van der Waals surface area (Å²) in [6.45, 7) is 6.90. The summed E-state index contributed by atoms with van der Waals surface area (Å²) in [5, 5.41) is 11.4. The van der Waals surface area contributed by atoms with Gasteiger partial charge in [0.1, 0.15) is 5.60 Å². The molecule has 0 unspecified atom stereocenters. The van der Waals surface area contributed by atoms with Crippen LogP contribution in [0.15, 0.2) is 0 Å². The van der Waals surface area contributed by atoms with Crippen molar-refractivity contribution in [2.45, 2.75) is 75.9 Å². The van der Waals surface area contributed by atoms with Crippen molar-refractivity contribution in [2.24, 2.45) is 17.3 Å². The van der Waals surface area contributed by atoms with Crippen molar-refractivity contribution in [3.8, 4) is 0 Å². The van der Waals surface area contributed by atoms with Crippen LogP contribution in [-0.4, -0.2) is 48.0 Å². The third-order valence-electron chi connectivity index (χ3n) is 7.10. The smallest absolute Gasteiger partial charge is 0.255 e. The highest BCUT2D eigenvalue weighted by atomic mass is 28.3. The lowest BCUT2D eigenvalue weighted by Gasteiger charge is -2.56.